The van der Waals surface area contributed by atoms with Gasteiger partial charge in [-0.2, -0.15) is 0 Å². The summed E-state index contributed by atoms with van der Waals surface area (Å²) >= 11 is 0. The van der Waals surface area contributed by atoms with Gasteiger partial charge in [-0.25, -0.2) is 0 Å². The summed E-state index contributed by atoms with van der Waals surface area (Å²) in [6, 6.07) is 7.67. The van der Waals surface area contributed by atoms with E-state index < -0.39 is 0 Å². The molecule has 1 saturated heterocycles. The average molecular weight is 249 g/mol. The SMILES string of the molecule is CCOc1ccc(CC(=O)N2CCOC2C)cc1. The maximum atomic E-state index is 12.1. The second kappa shape index (κ2) is 5.87. The maximum Gasteiger partial charge on any atom is 0.229 e. The molecule has 18 heavy (non-hydrogen) atoms. The molecule has 0 aromatic heterocycles. The van der Waals surface area contributed by atoms with Crippen LogP contribution in [0.1, 0.15) is 19.4 Å². The van der Waals surface area contributed by atoms with Gasteiger partial charge in [0.05, 0.1) is 19.6 Å². The molecule has 0 aliphatic carbocycles. The third-order valence-corrected chi connectivity index (χ3v) is 3.04. The Labute approximate surface area is 107 Å². The summed E-state index contributed by atoms with van der Waals surface area (Å²) < 4.78 is 10.7. The highest BCUT2D eigenvalue weighted by molar-refractivity contribution is 5.79. The third kappa shape index (κ3) is 3.01. The number of nitrogens with zero attached hydrogens (tertiary/aromatic N) is 1. The molecule has 4 heteroatoms. The summed E-state index contributed by atoms with van der Waals surface area (Å²) in [4.78, 5) is 13.8. The van der Waals surface area contributed by atoms with Crippen LogP contribution in [-0.2, 0) is 16.0 Å². The van der Waals surface area contributed by atoms with Crippen molar-refractivity contribution in [2.75, 3.05) is 19.8 Å². The van der Waals surface area contributed by atoms with Crippen molar-refractivity contribution in [1.29, 1.82) is 0 Å². The molecule has 98 valence electrons. The van der Waals surface area contributed by atoms with Crippen LogP contribution in [0.5, 0.6) is 5.75 Å². The minimum atomic E-state index is -0.0970. The molecule has 0 bridgehead atoms. The normalized spacial score (nSPS) is 19.0. The molecule has 2 rings (SSSR count). The number of rotatable bonds is 4. The fourth-order valence-corrected chi connectivity index (χ4v) is 2.07. The first kappa shape index (κ1) is 12.9. The molecule has 4 nitrogen and oxygen atoms in total. The van der Waals surface area contributed by atoms with E-state index in [0.717, 1.165) is 11.3 Å². The van der Waals surface area contributed by atoms with Gasteiger partial charge in [-0.15, -0.1) is 0 Å². The van der Waals surface area contributed by atoms with Crippen molar-refractivity contribution in [1.82, 2.24) is 4.90 Å². The fraction of sp³-hybridized carbons (Fsp3) is 0.500. The first-order chi connectivity index (χ1) is 8.70. The van der Waals surface area contributed by atoms with Crippen molar-refractivity contribution in [2.24, 2.45) is 0 Å². The molecule has 1 atom stereocenters. The Morgan fingerprint density at radius 3 is 2.72 bits per heavy atom. The van der Waals surface area contributed by atoms with E-state index in [1.807, 2.05) is 38.1 Å². The summed E-state index contributed by atoms with van der Waals surface area (Å²) in [7, 11) is 0. The number of hydrogen-bond donors (Lipinski definition) is 0. The quantitative estimate of drug-likeness (QED) is 0.817. The minimum absolute atomic E-state index is 0.0970. The van der Waals surface area contributed by atoms with Gasteiger partial charge in [0.2, 0.25) is 5.91 Å². The highest BCUT2D eigenvalue weighted by atomic mass is 16.5. The second-order valence-corrected chi connectivity index (χ2v) is 4.31. The number of carbonyl (C=O) groups is 1. The number of hydrogen-bond acceptors (Lipinski definition) is 3. The van der Waals surface area contributed by atoms with Crippen LogP contribution in [0.3, 0.4) is 0 Å². The van der Waals surface area contributed by atoms with Crippen molar-refractivity contribution in [2.45, 2.75) is 26.5 Å². The first-order valence-electron chi connectivity index (χ1n) is 6.33. The Kier molecular flexibility index (Phi) is 4.20. The molecule has 0 N–H and O–H groups in total. The summed E-state index contributed by atoms with van der Waals surface area (Å²) in [6.07, 6.45) is 0.320. The molecule has 0 saturated carbocycles. The highest BCUT2D eigenvalue weighted by Crippen LogP contribution is 2.15. The molecule has 1 amide bonds. The van der Waals surface area contributed by atoms with Crippen LogP contribution in [0.25, 0.3) is 0 Å². The van der Waals surface area contributed by atoms with Crippen LogP contribution in [0.15, 0.2) is 24.3 Å². The zero-order valence-corrected chi connectivity index (χ0v) is 10.9. The Balaban J connectivity index is 1.94. The van der Waals surface area contributed by atoms with Gasteiger partial charge in [-0.3, -0.25) is 4.79 Å². The lowest BCUT2D eigenvalue weighted by Crippen LogP contribution is -2.35. The van der Waals surface area contributed by atoms with Gasteiger partial charge in [-0.05, 0) is 31.5 Å². The van der Waals surface area contributed by atoms with Gasteiger partial charge in [0.15, 0.2) is 0 Å². The molecule has 1 heterocycles. The zero-order valence-electron chi connectivity index (χ0n) is 10.9. The molecular formula is C14H19NO3. The average Bonchev–Trinajstić information content (AvgIpc) is 2.78. The lowest BCUT2D eigenvalue weighted by atomic mass is 10.1. The molecule has 1 aliphatic rings. The maximum absolute atomic E-state index is 12.1. The summed E-state index contributed by atoms with van der Waals surface area (Å²) in [5, 5.41) is 0. The van der Waals surface area contributed by atoms with E-state index in [0.29, 0.717) is 26.2 Å². The lowest BCUT2D eigenvalue weighted by Gasteiger charge is -2.19. The number of carbonyl (C=O) groups excluding carboxylic acids is 1. The van der Waals surface area contributed by atoms with Gasteiger partial charge in [-0.1, -0.05) is 12.1 Å². The molecule has 1 unspecified atom stereocenters. The molecule has 1 aromatic carbocycles. The largest absolute Gasteiger partial charge is 0.494 e. The van der Waals surface area contributed by atoms with E-state index in [4.69, 9.17) is 9.47 Å². The summed E-state index contributed by atoms with van der Waals surface area (Å²) in [5.41, 5.74) is 1.00. The van der Waals surface area contributed by atoms with E-state index >= 15 is 0 Å². The first-order valence-corrected chi connectivity index (χ1v) is 6.33. The molecule has 1 aromatic rings. The van der Waals surface area contributed by atoms with Crippen molar-refractivity contribution in [3.8, 4) is 5.75 Å². The number of ether oxygens (including phenoxy) is 2. The Hall–Kier alpha value is -1.55. The second-order valence-electron chi connectivity index (χ2n) is 4.31. The minimum Gasteiger partial charge on any atom is -0.494 e. The van der Waals surface area contributed by atoms with Crippen LogP contribution in [0, 0.1) is 0 Å². The predicted molar refractivity (Wildman–Crippen MR) is 68.4 cm³/mol. The predicted octanol–water partition coefficient (Wildman–Crippen LogP) is 1.83. The fourth-order valence-electron chi connectivity index (χ4n) is 2.07. The number of amides is 1. The van der Waals surface area contributed by atoms with Crippen molar-refractivity contribution >= 4 is 5.91 Å². The van der Waals surface area contributed by atoms with Crippen LogP contribution in [0.4, 0.5) is 0 Å². The zero-order chi connectivity index (χ0) is 13.0. The van der Waals surface area contributed by atoms with Gasteiger partial charge in [0.1, 0.15) is 12.0 Å². The lowest BCUT2D eigenvalue weighted by molar-refractivity contribution is -0.134. The summed E-state index contributed by atoms with van der Waals surface area (Å²) in [6.45, 7) is 5.84. The van der Waals surface area contributed by atoms with Gasteiger partial charge < -0.3 is 14.4 Å². The van der Waals surface area contributed by atoms with Crippen molar-refractivity contribution < 1.29 is 14.3 Å². The standard InChI is InChI=1S/C14H19NO3/c1-3-17-13-6-4-12(5-7-13)10-14(16)15-8-9-18-11(15)2/h4-7,11H,3,8-10H2,1-2H3. The van der Waals surface area contributed by atoms with Gasteiger partial charge in [0.25, 0.3) is 0 Å². The van der Waals surface area contributed by atoms with Crippen LogP contribution >= 0.6 is 0 Å². The van der Waals surface area contributed by atoms with E-state index in [9.17, 15) is 4.79 Å². The molecule has 0 radical (unpaired) electrons. The van der Waals surface area contributed by atoms with E-state index in [-0.39, 0.29) is 12.1 Å². The monoisotopic (exact) mass is 249 g/mol. The van der Waals surface area contributed by atoms with E-state index in [1.54, 1.807) is 4.90 Å². The third-order valence-electron chi connectivity index (χ3n) is 3.04. The summed E-state index contributed by atoms with van der Waals surface area (Å²) in [5.74, 6) is 0.954. The Bertz CT molecular complexity index is 402. The highest BCUT2D eigenvalue weighted by Gasteiger charge is 2.25. The smallest absolute Gasteiger partial charge is 0.229 e. The van der Waals surface area contributed by atoms with Crippen molar-refractivity contribution in [3.05, 3.63) is 29.8 Å². The molecule has 1 fully saturated rings. The Morgan fingerprint density at radius 2 is 2.17 bits per heavy atom. The van der Waals surface area contributed by atoms with Crippen LogP contribution < -0.4 is 4.74 Å². The molecular weight excluding hydrogens is 230 g/mol. The van der Waals surface area contributed by atoms with E-state index in [1.165, 1.54) is 0 Å². The topological polar surface area (TPSA) is 38.8 Å². The number of benzene rings is 1. The Morgan fingerprint density at radius 1 is 1.44 bits per heavy atom. The van der Waals surface area contributed by atoms with Gasteiger partial charge >= 0.3 is 0 Å². The van der Waals surface area contributed by atoms with E-state index in [2.05, 4.69) is 0 Å². The van der Waals surface area contributed by atoms with Gasteiger partial charge in [0, 0.05) is 6.54 Å². The molecule has 1 aliphatic heterocycles. The van der Waals surface area contributed by atoms with Crippen molar-refractivity contribution in [3.63, 3.8) is 0 Å². The van der Waals surface area contributed by atoms with Crippen LogP contribution in [-0.4, -0.2) is 36.8 Å². The molecule has 0 spiro atoms. The van der Waals surface area contributed by atoms with Crippen LogP contribution in [0.2, 0.25) is 0 Å².